The third-order valence-corrected chi connectivity index (χ3v) is 6.40. The second kappa shape index (κ2) is 9.62. The molecule has 33 heavy (non-hydrogen) atoms. The van der Waals surface area contributed by atoms with Crippen molar-refractivity contribution in [2.45, 2.75) is 26.1 Å². The van der Waals surface area contributed by atoms with Crippen molar-refractivity contribution in [2.75, 3.05) is 7.05 Å². The monoisotopic (exact) mass is 518 g/mol. The average molecular weight is 519 g/mol. The molecule has 0 aliphatic carbocycles. The van der Waals surface area contributed by atoms with Gasteiger partial charge in [-0.25, -0.2) is 18.5 Å². The molecule has 1 aromatic carbocycles. The van der Waals surface area contributed by atoms with E-state index in [-0.39, 0.29) is 20.7 Å². The Hall–Kier alpha value is -2.75. The van der Waals surface area contributed by atoms with Gasteiger partial charge < -0.3 is 5.48 Å². The highest BCUT2D eigenvalue weighted by Crippen LogP contribution is 2.27. The highest BCUT2D eigenvalue weighted by atomic mass is 35.5. The lowest BCUT2D eigenvalue weighted by Crippen LogP contribution is -2.44. The predicted octanol–water partition coefficient (Wildman–Crippen LogP) is 0.838. The van der Waals surface area contributed by atoms with E-state index in [2.05, 4.69) is 0 Å². The molecule has 3 N–H and O–H groups in total. The van der Waals surface area contributed by atoms with Gasteiger partial charge >= 0.3 is 22.1 Å². The van der Waals surface area contributed by atoms with Crippen LogP contribution in [-0.4, -0.2) is 46.3 Å². The molecule has 0 aliphatic rings. The fraction of sp³-hybridized carbons (Fsp3) is 0.353. The maximum Gasteiger partial charge on any atom is 0.431 e. The van der Waals surface area contributed by atoms with Crippen LogP contribution in [0, 0.1) is 5.82 Å². The van der Waals surface area contributed by atoms with Crippen LogP contribution >= 0.6 is 11.6 Å². The van der Waals surface area contributed by atoms with E-state index in [9.17, 15) is 40.4 Å². The molecule has 10 nitrogen and oxygen atoms in total. The van der Waals surface area contributed by atoms with Crippen LogP contribution in [0.5, 0.6) is 0 Å². The maximum atomic E-state index is 14.5. The SMILES string of the molecule is CC(C)N(C)S(=O)(=O)NC(=O)c1cc(-n2c(=O)cc(C(F)(F)F)n(C)c2=O)c(F)cc1Cl.O. The number of halogens is 5. The summed E-state index contributed by atoms with van der Waals surface area (Å²) in [6, 6.07) is 0.660. The molecule has 0 fully saturated rings. The molecule has 0 atom stereocenters. The Balaban J connectivity index is 0.00000544. The molecule has 0 saturated heterocycles. The molecule has 1 heterocycles. The Kier molecular flexibility index (Phi) is 8.25. The molecular formula is C17H19ClF4N4O6S. The first-order chi connectivity index (χ1) is 14.5. The molecular weight excluding hydrogens is 500 g/mol. The van der Waals surface area contributed by atoms with Crippen molar-refractivity contribution in [3.05, 3.63) is 61.1 Å². The fourth-order valence-electron chi connectivity index (χ4n) is 2.52. The molecule has 0 radical (unpaired) electrons. The summed E-state index contributed by atoms with van der Waals surface area (Å²) >= 11 is 5.82. The normalized spacial score (nSPS) is 12.1. The van der Waals surface area contributed by atoms with Gasteiger partial charge in [0.05, 0.1) is 16.3 Å². The van der Waals surface area contributed by atoms with Gasteiger partial charge in [-0.05, 0) is 26.0 Å². The Labute approximate surface area is 189 Å². The number of carbonyl (C=O) groups is 1. The Morgan fingerprint density at radius 3 is 2.21 bits per heavy atom. The van der Waals surface area contributed by atoms with Crippen molar-refractivity contribution in [3.8, 4) is 5.69 Å². The topological polar surface area (TPSA) is 142 Å². The van der Waals surface area contributed by atoms with Gasteiger partial charge in [-0.2, -0.15) is 25.9 Å². The van der Waals surface area contributed by atoms with Gasteiger partial charge in [-0.3, -0.25) is 14.2 Å². The van der Waals surface area contributed by atoms with E-state index in [4.69, 9.17) is 11.6 Å². The van der Waals surface area contributed by atoms with Gasteiger partial charge in [-0.15, -0.1) is 0 Å². The number of nitrogens with one attached hydrogen (secondary N) is 1. The zero-order valence-corrected chi connectivity index (χ0v) is 19.1. The molecule has 0 aliphatic heterocycles. The van der Waals surface area contributed by atoms with Crippen molar-refractivity contribution >= 4 is 27.7 Å². The number of benzene rings is 1. The number of rotatable bonds is 5. The smallest absolute Gasteiger partial charge is 0.412 e. The number of amides is 1. The average Bonchev–Trinajstić information content (AvgIpc) is 2.64. The van der Waals surface area contributed by atoms with E-state index in [0.29, 0.717) is 12.1 Å². The summed E-state index contributed by atoms with van der Waals surface area (Å²) in [7, 11) is -2.43. The van der Waals surface area contributed by atoms with Crippen molar-refractivity contribution in [2.24, 2.45) is 7.05 Å². The van der Waals surface area contributed by atoms with E-state index in [1.54, 1.807) is 4.72 Å². The highest BCUT2D eigenvalue weighted by Gasteiger charge is 2.35. The van der Waals surface area contributed by atoms with Crippen LogP contribution < -0.4 is 16.0 Å². The Bertz CT molecular complexity index is 1300. The molecule has 2 rings (SSSR count). The lowest BCUT2D eigenvalue weighted by atomic mass is 10.1. The molecule has 0 saturated carbocycles. The van der Waals surface area contributed by atoms with Crippen LogP contribution in [0.3, 0.4) is 0 Å². The first-order valence-corrected chi connectivity index (χ1v) is 10.5. The number of carbonyl (C=O) groups excluding carboxylic acids is 1. The first-order valence-electron chi connectivity index (χ1n) is 8.68. The van der Waals surface area contributed by atoms with Crippen molar-refractivity contribution in [1.29, 1.82) is 0 Å². The van der Waals surface area contributed by atoms with E-state index in [1.165, 1.54) is 20.9 Å². The van der Waals surface area contributed by atoms with Gasteiger partial charge in [0.25, 0.3) is 11.5 Å². The molecule has 0 unspecified atom stereocenters. The summed E-state index contributed by atoms with van der Waals surface area (Å²) in [5.74, 6) is -2.63. The quantitative estimate of drug-likeness (QED) is 0.584. The van der Waals surface area contributed by atoms with E-state index in [1.807, 2.05) is 0 Å². The zero-order chi connectivity index (χ0) is 24.8. The number of aromatic nitrogens is 2. The standard InChI is InChI=1S/C17H17ClF4N4O5S.H2O/c1-8(2)25(4)32(30,31)23-15(28)9-5-12(11(19)6-10(9)18)26-14(27)7-13(17(20,21)22)24(3)16(26)29;/h5-8H,1-4H3,(H,23,28);1H2. The summed E-state index contributed by atoms with van der Waals surface area (Å²) < 4.78 is 80.7. The minimum atomic E-state index is -5.04. The molecule has 0 bridgehead atoms. The van der Waals surface area contributed by atoms with Crippen LogP contribution in [0.15, 0.2) is 27.8 Å². The van der Waals surface area contributed by atoms with Gasteiger partial charge in [0.15, 0.2) is 0 Å². The van der Waals surface area contributed by atoms with Crippen LogP contribution in [0.2, 0.25) is 5.02 Å². The molecule has 184 valence electrons. The van der Waals surface area contributed by atoms with Gasteiger partial charge in [-0.1, -0.05) is 11.6 Å². The lowest BCUT2D eigenvalue weighted by molar-refractivity contribution is -0.144. The van der Waals surface area contributed by atoms with E-state index < -0.39 is 67.4 Å². The number of alkyl halides is 3. The van der Waals surface area contributed by atoms with Crippen molar-refractivity contribution in [1.82, 2.24) is 18.2 Å². The number of hydrogen-bond acceptors (Lipinski definition) is 5. The summed E-state index contributed by atoms with van der Waals surface area (Å²) in [6.45, 7) is 3.05. The second-order valence-corrected chi connectivity index (χ2v) is 9.01. The highest BCUT2D eigenvalue weighted by molar-refractivity contribution is 7.87. The molecule has 0 spiro atoms. The Morgan fingerprint density at radius 2 is 1.73 bits per heavy atom. The summed E-state index contributed by atoms with van der Waals surface area (Å²) in [4.78, 5) is 37.1. The van der Waals surface area contributed by atoms with Crippen LogP contribution in [0.25, 0.3) is 5.69 Å². The predicted molar refractivity (Wildman–Crippen MR) is 110 cm³/mol. The third kappa shape index (κ3) is 5.61. The molecule has 16 heteroatoms. The summed E-state index contributed by atoms with van der Waals surface area (Å²) in [5, 5.41) is -0.567. The number of nitrogens with zero attached hydrogens (tertiary/aromatic N) is 3. The zero-order valence-electron chi connectivity index (χ0n) is 17.5. The lowest BCUT2D eigenvalue weighted by Gasteiger charge is -2.21. The summed E-state index contributed by atoms with van der Waals surface area (Å²) in [6.07, 6.45) is -5.04. The van der Waals surface area contributed by atoms with Crippen molar-refractivity contribution in [3.63, 3.8) is 0 Å². The largest absolute Gasteiger partial charge is 0.431 e. The summed E-state index contributed by atoms with van der Waals surface area (Å²) in [5.41, 5.74) is -6.19. The molecule has 2 aromatic rings. The fourth-order valence-corrected chi connectivity index (χ4v) is 3.80. The number of hydrogen-bond donors (Lipinski definition) is 1. The van der Waals surface area contributed by atoms with Crippen LogP contribution in [-0.2, 0) is 23.4 Å². The van der Waals surface area contributed by atoms with Gasteiger partial charge in [0.2, 0.25) is 0 Å². The maximum absolute atomic E-state index is 14.5. The van der Waals surface area contributed by atoms with Gasteiger partial charge in [0, 0.05) is 26.2 Å². The molecule has 1 aromatic heterocycles. The molecule has 1 amide bonds. The second-order valence-electron chi connectivity index (χ2n) is 6.87. The van der Waals surface area contributed by atoms with Crippen LogP contribution in [0.1, 0.15) is 29.9 Å². The Morgan fingerprint density at radius 1 is 1.18 bits per heavy atom. The van der Waals surface area contributed by atoms with E-state index >= 15 is 0 Å². The minimum absolute atomic E-state index is 0. The van der Waals surface area contributed by atoms with Crippen LogP contribution in [0.4, 0.5) is 17.6 Å². The van der Waals surface area contributed by atoms with E-state index in [0.717, 1.165) is 11.4 Å². The van der Waals surface area contributed by atoms with Crippen molar-refractivity contribution < 1.29 is 36.3 Å². The first kappa shape index (κ1) is 28.3. The third-order valence-electron chi connectivity index (χ3n) is 4.46. The minimum Gasteiger partial charge on any atom is -0.412 e. The van der Waals surface area contributed by atoms with Gasteiger partial charge in [0.1, 0.15) is 11.5 Å².